The molecule has 10 heteroatoms. The fourth-order valence-corrected chi connectivity index (χ4v) is 8.22. The molecule has 0 bridgehead atoms. The summed E-state index contributed by atoms with van der Waals surface area (Å²) < 4.78 is 47.4. The third-order valence-electron chi connectivity index (χ3n) is 7.13. The highest BCUT2D eigenvalue weighted by Crippen LogP contribution is 2.61. The van der Waals surface area contributed by atoms with Crippen LogP contribution in [0.25, 0.3) is 22.6 Å². The SMILES string of the molecule is COc1cc(Br)c2c(c1)-c1onc(-c3cccc(S(=O)(=O)NCC[Si](C)(C)C)c3OC)c1CC21CC1. The third kappa shape index (κ3) is 4.42. The standard InChI is InChI=1S/C26H31BrN2O5SSi/c1-32-16-13-18-22(20(27)14-16)26(9-10-26)15-19-23(29-34-24(18)19)17-7-6-8-21(25(17)33-2)35(30,31)28-11-12-36(3,4)5/h6-8,13-14,28H,9-12,15H2,1-5H3. The number of benzene rings is 2. The number of rotatable bonds is 8. The molecule has 0 amide bonds. The second kappa shape index (κ2) is 9.00. The zero-order valence-electron chi connectivity index (χ0n) is 21.2. The molecule has 2 aliphatic carbocycles. The summed E-state index contributed by atoms with van der Waals surface area (Å²) in [5.41, 5.74) is 4.42. The Kier molecular flexibility index (Phi) is 6.38. The maximum Gasteiger partial charge on any atom is 0.244 e. The second-order valence-electron chi connectivity index (χ2n) is 10.9. The molecule has 0 aliphatic heterocycles. The van der Waals surface area contributed by atoms with Gasteiger partial charge >= 0.3 is 0 Å². The van der Waals surface area contributed by atoms with E-state index in [-0.39, 0.29) is 16.1 Å². The van der Waals surface area contributed by atoms with Crippen LogP contribution in [-0.4, -0.2) is 42.4 Å². The van der Waals surface area contributed by atoms with Gasteiger partial charge < -0.3 is 14.0 Å². The second-order valence-corrected chi connectivity index (χ2v) is 19.1. The van der Waals surface area contributed by atoms with E-state index in [1.807, 2.05) is 18.2 Å². The van der Waals surface area contributed by atoms with E-state index in [0.29, 0.717) is 23.6 Å². The van der Waals surface area contributed by atoms with Gasteiger partial charge in [0.05, 0.1) is 14.2 Å². The van der Waals surface area contributed by atoms with Gasteiger partial charge in [0.2, 0.25) is 10.0 Å². The van der Waals surface area contributed by atoms with Crippen LogP contribution in [0.4, 0.5) is 0 Å². The van der Waals surface area contributed by atoms with Gasteiger partial charge in [-0.1, -0.05) is 46.8 Å². The van der Waals surface area contributed by atoms with E-state index >= 15 is 0 Å². The molecule has 1 saturated carbocycles. The first kappa shape index (κ1) is 25.5. The van der Waals surface area contributed by atoms with Crippen molar-refractivity contribution in [2.45, 2.75) is 55.3 Å². The predicted octanol–water partition coefficient (Wildman–Crippen LogP) is 5.99. The van der Waals surface area contributed by atoms with Gasteiger partial charge in [0, 0.05) is 41.2 Å². The van der Waals surface area contributed by atoms with Crippen LogP contribution in [0, 0.1) is 0 Å². The van der Waals surface area contributed by atoms with Crippen molar-refractivity contribution in [1.82, 2.24) is 9.88 Å². The number of hydrogen-bond acceptors (Lipinski definition) is 6. The van der Waals surface area contributed by atoms with Crippen LogP contribution >= 0.6 is 15.9 Å². The molecule has 1 N–H and O–H groups in total. The van der Waals surface area contributed by atoms with Crippen LogP contribution in [0.1, 0.15) is 24.0 Å². The van der Waals surface area contributed by atoms with Crippen molar-refractivity contribution in [3.8, 4) is 34.1 Å². The van der Waals surface area contributed by atoms with Crippen LogP contribution in [-0.2, 0) is 21.9 Å². The lowest BCUT2D eigenvalue weighted by molar-refractivity contribution is 0.402. The van der Waals surface area contributed by atoms with Crippen molar-refractivity contribution in [3.63, 3.8) is 0 Å². The van der Waals surface area contributed by atoms with Crippen LogP contribution < -0.4 is 14.2 Å². The molecule has 36 heavy (non-hydrogen) atoms. The Balaban J connectivity index is 1.60. The zero-order valence-corrected chi connectivity index (χ0v) is 24.6. The lowest BCUT2D eigenvalue weighted by atomic mass is 9.78. The molecule has 7 nitrogen and oxygen atoms in total. The van der Waals surface area contributed by atoms with Crippen molar-refractivity contribution < 1.29 is 22.4 Å². The largest absolute Gasteiger partial charge is 0.497 e. The summed E-state index contributed by atoms with van der Waals surface area (Å²) in [6.07, 6.45) is 2.91. The molecular formula is C26H31BrN2O5SSi. The fraction of sp³-hybridized carbons (Fsp3) is 0.423. The maximum atomic E-state index is 13.3. The molecule has 5 rings (SSSR count). The number of aromatic nitrogens is 1. The number of sulfonamides is 1. The zero-order chi connectivity index (χ0) is 25.9. The van der Waals surface area contributed by atoms with Gasteiger partial charge in [-0.05, 0) is 55.1 Å². The fourth-order valence-electron chi connectivity index (χ4n) is 5.08. The minimum absolute atomic E-state index is 0.0169. The summed E-state index contributed by atoms with van der Waals surface area (Å²) in [6, 6.07) is 9.99. The highest BCUT2D eigenvalue weighted by Gasteiger charge is 2.52. The van der Waals surface area contributed by atoms with Crippen molar-refractivity contribution in [1.29, 1.82) is 0 Å². The molecule has 0 radical (unpaired) electrons. The van der Waals surface area contributed by atoms with Gasteiger partial charge in [0.15, 0.2) is 5.76 Å². The Bertz CT molecular complexity index is 1440. The Hall–Kier alpha value is -2.14. The Labute approximate surface area is 221 Å². The first-order valence-electron chi connectivity index (χ1n) is 12.0. The smallest absolute Gasteiger partial charge is 0.244 e. The van der Waals surface area contributed by atoms with Gasteiger partial charge in [0.25, 0.3) is 0 Å². The molecule has 1 fully saturated rings. The van der Waals surface area contributed by atoms with Crippen molar-refractivity contribution in [3.05, 3.63) is 45.9 Å². The molecule has 1 heterocycles. The number of halogens is 1. The molecule has 0 saturated heterocycles. The first-order chi connectivity index (χ1) is 17.0. The normalized spacial score (nSPS) is 15.9. The molecule has 0 atom stereocenters. The molecule has 1 spiro atoms. The molecule has 1 aromatic heterocycles. The summed E-state index contributed by atoms with van der Waals surface area (Å²) >= 11 is 3.75. The summed E-state index contributed by atoms with van der Waals surface area (Å²) in [5.74, 6) is 1.70. The van der Waals surface area contributed by atoms with E-state index in [1.54, 1.807) is 19.2 Å². The van der Waals surface area contributed by atoms with E-state index < -0.39 is 18.1 Å². The molecule has 2 aromatic carbocycles. The quantitative estimate of drug-likeness (QED) is 0.324. The number of ether oxygens (including phenoxy) is 2. The Morgan fingerprint density at radius 3 is 2.53 bits per heavy atom. The molecule has 192 valence electrons. The van der Waals surface area contributed by atoms with Gasteiger partial charge in [-0.3, -0.25) is 0 Å². The van der Waals surface area contributed by atoms with E-state index in [9.17, 15) is 8.42 Å². The topological polar surface area (TPSA) is 90.7 Å². The lowest BCUT2D eigenvalue weighted by Crippen LogP contribution is -2.31. The molecular weight excluding hydrogens is 560 g/mol. The number of methoxy groups -OCH3 is 2. The van der Waals surface area contributed by atoms with Gasteiger partial charge in [-0.25, -0.2) is 13.1 Å². The summed E-state index contributed by atoms with van der Waals surface area (Å²) in [6.45, 7) is 7.06. The van der Waals surface area contributed by atoms with Crippen molar-refractivity contribution in [2.24, 2.45) is 0 Å². The van der Waals surface area contributed by atoms with E-state index in [4.69, 9.17) is 14.0 Å². The van der Waals surface area contributed by atoms with Crippen LogP contribution in [0.2, 0.25) is 25.7 Å². The van der Waals surface area contributed by atoms with Crippen molar-refractivity contribution >= 4 is 34.0 Å². The van der Waals surface area contributed by atoms with Crippen LogP contribution in [0.3, 0.4) is 0 Å². The minimum Gasteiger partial charge on any atom is -0.497 e. The summed E-state index contributed by atoms with van der Waals surface area (Å²) in [7, 11) is -2.02. The number of para-hydroxylation sites is 1. The van der Waals surface area contributed by atoms with Gasteiger partial charge in [-0.15, -0.1) is 0 Å². The molecule has 2 aliphatic rings. The van der Waals surface area contributed by atoms with Crippen LogP contribution in [0.15, 0.2) is 44.2 Å². The van der Waals surface area contributed by atoms with Gasteiger partial charge in [-0.2, -0.15) is 0 Å². The number of hydrogen-bond donors (Lipinski definition) is 1. The monoisotopic (exact) mass is 590 g/mol. The minimum atomic E-state index is -3.77. The number of nitrogens with one attached hydrogen (secondary N) is 1. The first-order valence-corrected chi connectivity index (χ1v) is 18.0. The Morgan fingerprint density at radius 2 is 1.89 bits per heavy atom. The highest BCUT2D eigenvalue weighted by atomic mass is 79.9. The highest BCUT2D eigenvalue weighted by molar-refractivity contribution is 9.10. The van der Waals surface area contributed by atoms with Crippen molar-refractivity contribution in [2.75, 3.05) is 20.8 Å². The number of fused-ring (bicyclic) bond motifs is 4. The maximum absolute atomic E-state index is 13.3. The number of nitrogens with zero attached hydrogens (tertiary/aromatic N) is 1. The molecule has 3 aromatic rings. The van der Waals surface area contributed by atoms with Gasteiger partial charge in [0.1, 0.15) is 22.1 Å². The summed E-state index contributed by atoms with van der Waals surface area (Å²) in [4.78, 5) is 0.108. The third-order valence-corrected chi connectivity index (χ3v) is 11.0. The van der Waals surface area contributed by atoms with E-state index in [2.05, 4.69) is 45.4 Å². The van der Waals surface area contributed by atoms with Crippen LogP contribution in [0.5, 0.6) is 11.5 Å². The lowest BCUT2D eigenvalue weighted by Gasteiger charge is -2.26. The molecule has 0 unspecified atom stereocenters. The average Bonchev–Trinajstić information content (AvgIpc) is 3.44. The predicted molar refractivity (Wildman–Crippen MR) is 146 cm³/mol. The van der Waals surface area contributed by atoms with E-state index in [1.165, 1.54) is 12.7 Å². The van der Waals surface area contributed by atoms with E-state index in [0.717, 1.165) is 46.7 Å². The Morgan fingerprint density at radius 1 is 1.14 bits per heavy atom. The average molecular weight is 592 g/mol. The summed E-state index contributed by atoms with van der Waals surface area (Å²) in [5, 5.41) is 4.45.